The maximum absolute atomic E-state index is 12.9. The maximum atomic E-state index is 12.9. The summed E-state index contributed by atoms with van der Waals surface area (Å²) in [5.74, 6) is 0.664. The Morgan fingerprint density at radius 3 is 2.32 bits per heavy atom. The number of amides is 2. The summed E-state index contributed by atoms with van der Waals surface area (Å²) in [6.07, 6.45) is -4.70. The number of alkyl halides is 3. The smallest absolute Gasteiger partial charge is 0.416 e. The predicted octanol–water partition coefficient (Wildman–Crippen LogP) is 6.48. The number of halogens is 4. The van der Waals surface area contributed by atoms with Crippen LogP contribution in [0.2, 0.25) is 5.02 Å². The Hall–Kier alpha value is -3.27. The zero-order valence-electron chi connectivity index (χ0n) is 20.9. The van der Waals surface area contributed by atoms with E-state index >= 15 is 0 Å². The van der Waals surface area contributed by atoms with Gasteiger partial charge in [0.25, 0.3) is 0 Å². The van der Waals surface area contributed by atoms with E-state index in [9.17, 15) is 18.0 Å². The van der Waals surface area contributed by atoms with Crippen LogP contribution in [0.1, 0.15) is 22.8 Å². The SMILES string of the molecule is COc1cccc(NC(=O)N2CCN(CC(OCc3ccc(C(F)(F)F)cc3)c3ccc(Cl)cc3)CC2)c1. The fourth-order valence-electron chi connectivity index (χ4n) is 4.19. The van der Waals surface area contributed by atoms with Crippen molar-refractivity contribution in [1.82, 2.24) is 9.80 Å². The fourth-order valence-corrected chi connectivity index (χ4v) is 4.32. The van der Waals surface area contributed by atoms with Crippen LogP contribution >= 0.6 is 11.6 Å². The van der Waals surface area contributed by atoms with Gasteiger partial charge in [-0.1, -0.05) is 41.9 Å². The minimum atomic E-state index is -4.38. The number of benzene rings is 3. The molecule has 0 aliphatic carbocycles. The zero-order chi connectivity index (χ0) is 27.1. The minimum absolute atomic E-state index is 0.161. The molecule has 1 aliphatic rings. The third-order valence-electron chi connectivity index (χ3n) is 6.38. The normalized spacial score (nSPS) is 15.2. The summed E-state index contributed by atoms with van der Waals surface area (Å²) in [7, 11) is 1.57. The average molecular weight is 548 g/mol. The highest BCUT2D eigenvalue weighted by Gasteiger charge is 2.30. The molecule has 1 atom stereocenters. The lowest BCUT2D eigenvalue weighted by Gasteiger charge is -2.36. The van der Waals surface area contributed by atoms with Crippen molar-refractivity contribution in [3.63, 3.8) is 0 Å². The maximum Gasteiger partial charge on any atom is 0.416 e. The van der Waals surface area contributed by atoms with Crippen molar-refractivity contribution in [3.05, 3.63) is 94.5 Å². The Kier molecular flexibility index (Phi) is 9.14. The summed E-state index contributed by atoms with van der Waals surface area (Å²) in [4.78, 5) is 16.7. The Balaban J connectivity index is 1.35. The highest BCUT2D eigenvalue weighted by atomic mass is 35.5. The van der Waals surface area contributed by atoms with Crippen molar-refractivity contribution < 1.29 is 27.4 Å². The molecule has 4 rings (SSSR count). The molecule has 2 amide bonds. The Morgan fingerprint density at radius 1 is 1.00 bits per heavy atom. The Morgan fingerprint density at radius 2 is 1.68 bits per heavy atom. The fraction of sp³-hybridized carbons (Fsp3) is 0.321. The van der Waals surface area contributed by atoms with Crippen LogP contribution in [0.5, 0.6) is 5.75 Å². The summed E-state index contributed by atoms with van der Waals surface area (Å²) in [6, 6.07) is 19.3. The van der Waals surface area contributed by atoms with E-state index < -0.39 is 11.7 Å². The number of methoxy groups -OCH3 is 1. The van der Waals surface area contributed by atoms with Crippen molar-refractivity contribution >= 4 is 23.3 Å². The van der Waals surface area contributed by atoms with Gasteiger partial charge in [0.1, 0.15) is 5.75 Å². The van der Waals surface area contributed by atoms with Crippen LogP contribution < -0.4 is 10.1 Å². The first-order valence-electron chi connectivity index (χ1n) is 12.2. The summed E-state index contributed by atoms with van der Waals surface area (Å²) in [5, 5.41) is 3.51. The first-order chi connectivity index (χ1) is 18.2. The number of urea groups is 1. The number of nitrogens with zero attached hydrogens (tertiary/aromatic N) is 2. The molecule has 1 heterocycles. The number of rotatable bonds is 8. The standard InChI is InChI=1S/C28H29ClF3N3O3/c1-37-25-4-2-3-24(17-25)33-27(36)35-15-13-34(14-16-35)18-26(21-7-11-23(29)12-8-21)38-19-20-5-9-22(10-6-20)28(30,31)32/h2-12,17,26H,13-16,18-19H2,1H3,(H,33,36). The summed E-state index contributed by atoms with van der Waals surface area (Å²) >= 11 is 6.06. The van der Waals surface area contributed by atoms with Crippen LogP contribution in [0.25, 0.3) is 0 Å². The van der Waals surface area contributed by atoms with Crippen LogP contribution in [-0.4, -0.2) is 55.7 Å². The van der Waals surface area contributed by atoms with Gasteiger partial charge in [0, 0.05) is 49.5 Å². The predicted molar refractivity (Wildman–Crippen MR) is 140 cm³/mol. The molecule has 1 fully saturated rings. The lowest BCUT2D eigenvalue weighted by Crippen LogP contribution is -2.50. The Labute approximate surface area is 224 Å². The molecule has 1 saturated heterocycles. The number of ether oxygens (including phenoxy) is 2. The quantitative estimate of drug-likeness (QED) is 0.351. The van der Waals surface area contributed by atoms with Gasteiger partial charge in [0.2, 0.25) is 0 Å². The lowest BCUT2D eigenvalue weighted by atomic mass is 10.1. The molecular weight excluding hydrogens is 519 g/mol. The number of carbonyl (C=O) groups is 1. The first kappa shape index (κ1) is 27.8. The molecule has 1 aliphatic heterocycles. The van der Waals surface area contributed by atoms with E-state index in [1.807, 2.05) is 24.3 Å². The second kappa shape index (κ2) is 12.5. The van der Waals surface area contributed by atoms with Gasteiger partial charge in [-0.05, 0) is 47.5 Å². The van der Waals surface area contributed by atoms with E-state index in [4.69, 9.17) is 21.1 Å². The third-order valence-corrected chi connectivity index (χ3v) is 6.63. The highest BCUT2D eigenvalue weighted by molar-refractivity contribution is 6.30. The van der Waals surface area contributed by atoms with Gasteiger partial charge in [-0.3, -0.25) is 4.90 Å². The van der Waals surface area contributed by atoms with E-state index in [2.05, 4.69) is 10.2 Å². The molecule has 1 unspecified atom stereocenters. The average Bonchev–Trinajstić information content (AvgIpc) is 2.91. The van der Waals surface area contributed by atoms with Gasteiger partial charge in [0.15, 0.2) is 0 Å². The molecule has 1 N–H and O–H groups in total. The van der Waals surface area contributed by atoms with Crippen LogP contribution in [0, 0.1) is 0 Å². The number of anilines is 1. The molecule has 3 aromatic carbocycles. The molecule has 202 valence electrons. The van der Waals surface area contributed by atoms with Gasteiger partial charge in [0.05, 0.1) is 25.4 Å². The van der Waals surface area contributed by atoms with Crippen molar-refractivity contribution in [2.75, 3.05) is 45.2 Å². The first-order valence-corrected chi connectivity index (χ1v) is 12.5. The molecule has 3 aromatic rings. The third kappa shape index (κ3) is 7.63. The number of hydrogen-bond acceptors (Lipinski definition) is 4. The van der Waals surface area contributed by atoms with E-state index in [0.717, 1.165) is 17.7 Å². The number of hydrogen-bond donors (Lipinski definition) is 1. The van der Waals surface area contributed by atoms with E-state index in [1.54, 1.807) is 36.3 Å². The van der Waals surface area contributed by atoms with Crippen LogP contribution in [0.4, 0.5) is 23.7 Å². The van der Waals surface area contributed by atoms with Gasteiger partial charge in [-0.25, -0.2) is 4.79 Å². The Bertz CT molecular complexity index is 1200. The van der Waals surface area contributed by atoms with Crippen molar-refractivity contribution in [1.29, 1.82) is 0 Å². The molecule has 0 aromatic heterocycles. The molecule has 38 heavy (non-hydrogen) atoms. The van der Waals surface area contributed by atoms with Gasteiger partial charge in [-0.2, -0.15) is 13.2 Å². The molecule has 0 bridgehead atoms. The topological polar surface area (TPSA) is 54.0 Å². The van der Waals surface area contributed by atoms with Crippen molar-refractivity contribution in [2.45, 2.75) is 18.9 Å². The van der Waals surface area contributed by atoms with Gasteiger partial charge < -0.3 is 19.7 Å². The van der Waals surface area contributed by atoms with Gasteiger partial charge in [-0.15, -0.1) is 0 Å². The summed E-state index contributed by atoms with van der Waals surface area (Å²) in [5.41, 5.74) is 1.54. The second-order valence-electron chi connectivity index (χ2n) is 9.00. The van der Waals surface area contributed by atoms with Gasteiger partial charge >= 0.3 is 12.2 Å². The van der Waals surface area contributed by atoms with E-state index in [0.29, 0.717) is 54.7 Å². The second-order valence-corrected chi connectivity index (χ2v) is 9.43. The van der Waals surface area contributed by atoms with Crippen LogP contribution in [0.15, 0.2) is 72.8 Å². The van der Waals surface area contributed by atoms with E-state index in [-0.39, 0.29) is 18.7 Å². The molecule has 0 radical (unpaired) electrons. The molecule has 6 nitrogen and oxygen atoms in total. The molecule has 0 saturated carbocycles. The zero-order valence-corrected chi connectivity index (χ0v) is 21.6. The lowest BCUT2D eigenvalue weighted by molar-refractivity contribution is -0.137. The van der Waals surface area contributed by atoms with Crippen molar-refractivity contribution in [2.24, 2.45) is 0 Å². The number of piperazine rings is 1. The minimum Gasteiger partial charge on any atom is -0.497 e. The monoisotopic (exact) mass is 547 g/mol. The molecular formula is C28H29ClF3N3O3. The summed E-state index contributed by atoms with van der Waals surface area (Å²) in [6.45, 7) is 3.12. The summed E-state index contributed by atoms with van der Waals surface area (Å²) < 4.78 is 50.0. The molecule has 0 spiro atoms. The van der Waals surface area contributed by atoms with Crippen molar-refractivity contribution in [3.8, 4) is 5.75 Å². The largest absolute Gasteiger partial charge is 0.497 e. The van der Waals surface area contributed by atoms with Crippen LogP contribution in [0.3, 0.4) is 0 Å². The highest BCUT2D eigenvalue weighted by Crippen LogP contribution is 2.30. The number of nitrogens with one attached hydrogen (secondary N) is 1. The molecule has 10 heteroatoms. The van der Waals surface area contributed by atoms with E-state index in [1.165, 1.54) is 12.1 Å². The number of carbonyl (C=O) groups excluding carboxylic acids is 1. The van der Waals surface area contributed by atoms with Crippen LogP contribution in [-0.2, 0) is 17.5 Å².